The summed E-state index contributed by atoms with van der Waals surface area (Å²) in [6.45, 7) is 1.39. The normalized spacial score (nSPS) is 12.2. The summed E-state index contributed by atoms with van der Waals surface area (Å²) >= 11 is 0. The number of esters is 1. The summed E-state index contributed by atoms with van der Waals surface area (Å²) in [5, 5.41) is 0. The minimum atomic E-state index is -1.14. The molecule has 0 spiro atoms. The van der Waals surface area contributed by atoms with Crippen LogP contribution in [0.25, 0.3) is 0 Å². The van der Waals surface area contributed by atoms with Crippen LogP contribution < -0.4 is 5.73 Å². The van der Waals surface area contributed by atoms with Crippen LogP contribution >= 0.6 is 0 Å². The molecule has 1 atom stereocenters. The molecule has 0 amide bonds. The number of ether oxygens (including phenoxy) is 1. The van der Waals surface area contributed by atoms with E-state index < -0.39 is 12.1 Å². The number of methoxy groups -OCH3 is 1. The van der Waals surface area contributed by atoms with Crippen molar-refractivity contribution in [3.05, 3.63) is 29.3 Å². The van der Waals surface area contributed by atoms with Crippen LogP contribution in [-0.2, 0) is 4.74 Å². The molecule has 0 radical (unpaired) electrons. The molecule has 0 bridgehead atoms. The van der Waals surface area contributed by atoms with Gasteiger partial charge in [-0.2, -0.15) is 0 Å². The quantitative estimate of drug-likeness (QED) is 0.583. The molecule has 3 nitrogen and oxygen atoms in total. The number of carbonyl (C=O) groups excluding carboxylic acids is 1. The Kier molecular flexibility index (Phi) is 3.06. The molecule has 0 aliphatic heterocycles. The highest BCUT2D eigenvalue weighted by molar-refractivity contribution is 5.90. The van der Waals surface area contributed by atoms with Crippen molar-refractivity contribution in [2.24, 2.45) is 0 Å². The van der Waals surface area contributed by atoms with E-state index in [2.05, 4.69) is 4.74 Å². The van der Waals surface area contributed by atoms with E-state index in [4.69, 9.17) is 5.73 Å². The Morgan fingerprint density at radius 1 is 1.57 bits per heavy atom. The van der Waals surface area contributed by atoms with E-state index in [9.17, 15) is 9.18 Å². The minimum Gasteiger partial charge on any atom is -0.465 e. The Bertz CT molecular complexity index is 350. The largest absolute Gasteiger partial charge is 0.465 e. The summed E-state index contributed by atoms with van der Waals surface area (Å²) < 4.78 is 17.4. The summed E-state index contributed by atoms with van der Waals surface area (Å²) in [7, 11) is 1.28. The lowest BCUT2D eigenvalue weighted by atomic mass is 10.1. The van der Waals surface area contributed by atoms with E-state index >= 15 is 0 Å². The molecule has 0 fully saturated rings. The molecular weight excluding hydrogens is 185 g/mol. The van der Waals surface area contributed by atoms with Crippen LogP contribution in [0.15, 0.2) is 18.2 Å². The smallest absolute Gasteiger partial charge is 0.337 e. The van der Waals surface area contributed by atoms with E-state index in [1.807, 2.05) is 0 Å². The van der Waals surface area contributed by atoms with Crippen LogP contribution in [0, 0.1) is 0 Å². The first kappa shape index (κ1) is 10.5. The highest BCUT2D eigenvalue weighted by atomic mass is 19.1. The molecule has 0 aliphatic carbocycles. The maximum Gasteiger partial charge on any atom is 0.337 e. The van der Waals surface area contributed by atoms with Crippen molar-refractivity contribution in [2.75, 3.05) is 12.8 Å². The Balaban J connectivity index is 3.06. The first-order valence-corrected chi connectivity index (χ1v) is 4.18. The molecule has 0 aromatic heterocycles. The highest BCUT2D eigenvalue weighted by Gasteiger charge is 2.11. The molecule has 0 aliphatic rings. The Morgan fingerprint density at radius 3 is 2.64 bits per heavy atom. The van der Waals surface area contributed by atoms with Crippen LogP contribution in [0.2, 0.25) is 0 Å². The predicted octanol–water partition coefficient (Wildman–Crippen LogP) is 2.09. The van der Waals surface area contributed by atoms with Gasteiger partial charge in [-0.1, -0.05) is 6.07 Å². The van der Waals surface area contributed by atoms with E-state index in [1.54, 1.807) is 0 Å². The first-order chi connectivity index (χ1) is 6.56. The SMILES string of the molecule is COC(=O)c1ccc(C(C)F)c(N)c1. The monoisotopic (exact) mass is 197 g/mol. The molecule has 4 heteroatoms. The van der Waals surface area contributed by atoms with E-state index in [0.29, 0.717) is 11.1 Å². The van der Waals surface area contributed by atoms with Crippen molar-refractivity contribution >= 4 is 11.7 Å². The summed E-state index contributed by atoms with van der Waals surface area (Å²) in [6, 6.07) is 4.40. The molecule has 0 saturated heterocycles. The molecule has 2 N–H and O–H groups in total. The van der Waals surface area contributed by atoms with Crippen molar-refractivity contribution in [1.29, 1.82) is 0 Å². The van der Waals surface area contributed by atoms with Crippen molar-refractivity contribution in [3.63, 3.8) is 0 Å². The van der Waals surface area contributed by atoms with Crippen LogP contribution in [-0.4, -0.2) is 13.1 Å². The summed E-state index contributed by atoms with van der Waals surface area (Å²) in [6.07, 6.45) is -1.14. The van der Waals surface area contributed by atoms with Crippen molar-refractivity contribution in [1.82, 2.24) is 0 Å². The number of rotatable bonds is 2. The number of anilines is 1. The average Bonchev–Trinajstić information content (AvgIpc) is 2.15. The zero-order valence-electron chi connectivity index (χ0n) is 8.08. The maximum atomic E-state index is 12.9. The number of carbonyl (C=O) groups is 1. The lowest BCUT2D eigenvalue weighted by Gasteiger charge is -2.07. The van der Waals surface area contributed by atoms with E-state index in [-0.39, 0.29) is 5.69 Å². The van der Waals surface area contributed by atoms with Crippen LogP contribution in [0.3, 0.4) is 0 Å². The van der Waals surface area contributed by atoms with Gasteiger partial charge >= 0.3 is 5.97 Å². The minimum absolute atomic E-state index is 0.267. The lowest BCUT2D eigenvalue weighted by molar-refractivity contribution is 0.0600. The van der Waals surface area contributed by atoms with Gasteiger partial charge in [0.1, 0.15) is 6.17 Å². The summed E-state index contributed by atoms with van der Waals surface area (Å²) in [4.78, 5) is 11.1. The van der Waals surface area contributed by atoms with Gasteiger partial charge in [0.2, 0.25) is 0 Å². The molecule has 1 aromatic rings. The topological polar surface area (TPSA) is 52.3 Å². The van der Waals surface area contributed by atoms with Gasteiger partial charge in [-0.3, -0.25) is 0 Å². The molecule has 14 heavy (non-hydrogen) atoms. The third-order valence-corrected chi connectivity index (χ3v) is 1.94. The molecule has 76 valence electrons. The fourth-order valence-corrected chi connectivity index (χ4v) is 1.18. The van der Waals surface area contributed by atoms with Crippen LogP contribution in [0.5, 0.6) is 0 Å². The standard InChI is InChI=1S/C10H12FNO2/c1-6(11)8-4-3-7(5-9(8)12)10(13)14-2/h3-6H,12H2,1-2H3. The van der Waals surface area contributed by atoms with Gasteiger partial charge in [0.25, 0.3) is 0 Å². The Labute approximate surface area is 81.7 Å². The number of halogens is 1. The third kappa shape index (κ3) is 2.02. The van der Waals surface area contributed by atoms with Crippen LogP contribution in [0.4, 0.5) is 10.1 Å². The second-order valence-corrected chi connectivity index (χ2v) is 2.95. The van der Waals surface area contributed by atoms with Gasteiger partial charge in [0.05, 0.1) is 12.7 Å². The first-order valence-electron chi connectivity index (χ1n) is 4.18. The number of benzene rings is 1. The lowest BCUT2D eigenvalue weighted by Crippen LogP contribution is -2.04. The fraction of sp³-hybridized carbons (Fsp3) is 0.300. The second-order valence-electron chi connectivity index (χ2n) is 2.95. The van der Waals surface area contributed by atoms with Gasteiger partial charge < -0.3 is 10.5 Å². The number of nitrogen functional groups attached to an aromatic ring is 1. The molecule has 0 saturated carbocycles. The van der Waals surface area contributed by atoms with E-state index in [0.717, 1.165) is 0 Å². The average molecular weight is 197 g/mol. The van der Waals surface area contributed by atoms with Crippen LogP contribution in [0.1, 0.15) is 29.0 Å². The maximum absolute atomic E-state index is 12.9. The van der Waals surface area contributed by atoms with Crippen molar-refractivity contribution < 1.29 is 13.9 Å². The van der Waals surface area contributed by atoms with Gasteiger partial charge in [-0.15, -0.1) is 0 Å². The molecule has 1 unspecified atom stereocenters. The zero-order valence-corrected chi connectivity index (χ0v) is 8.08. The number of hydrogen-bond donors (Lipinski definition) is 1. The third-order valence-electron chi connectivity index (χ3n) is 1.94. The molecule has 0 heterocycles. The number of alkyl halides is 1. The summed E-state index contributed by atoms with van der Waals surface area (Å²) in [5.74, 6) is -0.477. The summed E-state index contributed by atoms with van der Waals surface area (Å²) in [5.41, 5.74) is 6.55. The van der Waals surface area contributed by atoms with Gasteiger partial charge in [0, 0.05) is 11.3 Å². The number of nitrogens with two attached hydrogens (primary N) is 1. The van der Waals surface area contributed by atoms with E-state index in [1.165, 1.54) is 32.2 Å². The number of hydrogen-bond acceptors (Lipinski definition) is 3. The molecular formula is C10H12FNO2. The molecule has 1 aromatic carbocycles. The van der Waals surface area contributed by atoms with Gasteiger partial charge in [-0.25, -0.2) is 9.18 Å². The zero-order chi connectivity index (χ0) is 10.7. The van der Waals surface area contributed by atoms with Crippen molar-refractivity contribution in [3.8, 4) is 0 Å². The fourth-order valence-electron chi connectivity index (χ4n) is 1.18. The second kappa shape index (κ2) is 4.09. The van der Waals surface area contributed by atoms with Gasteiger partial charge in [0.15, 0.2) is 0 Å². The predicted molar refractivity (Wildman–Crippen MR) is 51.7 cm³/mol. The molecule has 1 rings (SSSR count). The van der Waals surface area contributed by atoms with Gasteiger partial charge in [-0.05, 0) is 19.1 Å². The Hall–Kier alpha value is -1.58. The highest BCUT2D eigenvalue weighted by Crippen LogP contribution is 2.24. The Morgan fingerprint density at radius 2 is 2.21 bits per heavy atom. The van der Waals surface area contributed by atoms with Crippen molar-refractivity contribution in [2.45, 2.75) is 13.1 Å².